The smallest absolute Gasteiger partial charge is 0.248 e. The third kappa shape index (κ3) is 7.89. The van der Waals surface area contributed by atoms with Crippen LogP contribution in [-0.4, -0.2) is 36.0 Å². The molecule has 4 rings (SSSR count). The summed E-state index contributed by atoms with van der Waals surface area (Å²) in [7, 11) is 1.63. The highest BCUT2D eigenvalue weighted by molar-refractivity contribution is 6.01. The van der Waals surface area contributed by atoms with E-state index in [-0.39, 0.29) is 5.91 Å². The fourth-order valence-electron chi connectivity index (χ4n) is 4.13. The molecule has 0 atom stereocenters. The van der Waals surface area contributed by atoms with Crippen molar-refractivity contribution >= 4 is 17.7 Å². The van der Waals surface area contributed by atoms with E-state index in [1.54, 1.807) is 30.3 Å². The Balaban J connectivity index is 1.36. The van der Waals surface area contributed by atoms with Gasteiger partial charge in [-0.3, -0.25) is 9.48 Å². The predicted octanol–water partition coefficient (Wildman–Crippen LogP) is 6.28. The van der Waals surface area contributed by atoms with Crippen LogP contribution in [0, 0.1) is 6.92 Å². The van der Waals surface area contributed by atoms with Crippen molar-refractivity contribution in [1.82, 2.24) is 9.78 Å². The lowest BCUT2D eigenvalue weighted by Crippen LogP contribution is -2.07. The van der Waals surface area contributed by atoms with E-state index in [1.165, 1.54) is 6.08 Å². The Kier molecular flexibility index (Phi) is 9.83. The highest BCUT2D eigenvalue weighted by atomic mass is 16.5. The summed E-state index contributed by atoms with van der Waals surface area (Å²) in [6, 6.07) is 19.4. The zero-order valence-electron chi connectivity index (χ0n) is 23.3. The topological polar surface area (TPSA) is 83.8 Å². The average Bonchev–Trinajstić information content (AvgIpc) is 3.38. The Bertz CT molecular complexity index is 1460. The highest BCUT2D eigenvalue weighted by Gasteiger charge is 2.09. The van der Waals surface area contributed by atoms with Crippen LogP contribution >= 0.6 is 0 Å². The minimum absolute atomic E-state index is 0.257. The molecular formula is C32H35N3O5. The van der Waals surface area contributed by atoms with E-state index in [0.29, 0.717) is 37.8 Å². The molecule has 0 saturated carbocycles. The number of carbonyl (C=O) groups is 1. The maximum atomic E-state index is 12.6. The lowest BCUT2D eigenvalue weighted by Gasteiger charge is -2.12. The highest BCUT2D eigenvalue weighted by Crippen LogP contribution is 2.29. The second kappa shape index (κ2) is 13.9. The first-order valence-corrected chi connectivity index (χ1v) is 13.2. The number of hydrogen-bond acceptors (Lipinski definition) is 6. The van der Waals surface area contributed by atoms with Crippen molar-refractivity contribution in [2.75, 3.05) is 25.6 Å². The molecule has 0 radical (unpaired) electrons. The summed E-state index contributed by atoms with van der Waals surface area (Å²) in [4.78, 5) is 12.6. The van der Waals surface area contributed by atoms with Gasteiger partial charge in [-0.25, -0.2) is 0 Å². The van der Waals surface area contributed by atoms with Gasteiger partial charge in [0.1, 0.15) is 18.1 Å². The molecule has 0 unspecified atom stereocenters. The van der Waals surface area contributed by atoms with E-state index in [0.717, 1.165) is 39.5 Å². The number of anilines is 1. The van der Waals surface area contributed by atoms with Gasteiger partial charge in [-0.05, 0) is 79.9 Å². The first kappa shape index (κ1) is 28.3. The minimum atomic E-state index is -0.257. The van der Waals surface area contributed by atoms with Crippen LogP contribution in [0.2, 0.25) is 0 Å². The van der Waals surface area contributed by atoms with Gasteiger partial charge in [0, 0.05) is 17.8 Å². The van der Waals surface area contributed by atoms with Crippen molar-refractivity contribution in [3.05, 3.63) is 101 Å². The molecule has 1 N–H and O–H groups in total. The molecule has 0 aliphatic carbocycles. The predicted molar refractivity (Wildman–Crippen MR) is 156 cm³/mol. The number of aryl methyl sites for hydroxylation is 1. The number of benzene rings is 3. The lowest BCUT2D eigenvalue weighted by atomic mass is 10.1. The summed E-state index contributed by atoms with van der Waals surface area (Å²) in [5.74, 6) is 2.68. The molecule has 0 bridgehead atoms. The molecule has 3 aromatic carbocycles. The summed E-state index contributed by atoms with van der Waals surface area (Å²) < 4.78 is 24.5. The quantitative estimate of drug-likeness (QED) is 0.201. The SMILES string of the molecule is CCOc1ccc(Cn2cc(NC(=O)/C=C/c3ccc(OC)c(COc4cccc(C)c4)c3)cn2)cc1OCC. The zero-order chi connectivity index (χ0) is 28.3. The number of amides is 1. The molecule has 1 amide bonds. The molecule has 0 saturated heterocycles. The van der Waals surface area contributed by atoms with Crippen LogP contribution in [0.3, 0.4) is 0 Å². The van der Waals surface area contributed by atoms with Gasteiger partial charge < -0.3 is 24.3 Å². The molecule has 208 valence electrons. The van der Waals surface area contributed by atoms with Crippen LogP contribution in [0.25, 0.3) is 6.08 Å². The first-order chi connectivity index (χ1) is 19.5. The Morgan fingerprint density at radius 1 is 0.950 bits per heavy atom. The summed E-state index contributed by atoms with van der Waals surface area (Å²) in [6.45, 7) is 7.89. The largest absolute Gasteiger partial charge is 0.496 e. The van der Waals surface area contributed by atoms with Crippen LogP contribution in [-0.2, 0) is 17.9 Å². The molecule has 0 fully saturated rings. The number of hydrogen-bond donors (Lipinski definition) is 1. The molecular weight excluding hydrogens is 506 g/mol. The third-order valence-corrected chi connectivity index (χ3v) is 5.97. The number of carbonyl (C=O) groups excluding carboxylic acids is 1. The van der Waals surface area contributed by atoms with Gasteiger partial charge in [0.15, 0.2) is 11.5 Å². The average molecular weight is 542 g/mol. The Hall–Kier alpha value is -4.72. The van der Waals surface area contributed by atoms with Gasteiger partial charge in [0.05, 0.1) is 38.8 Å². The Labute approximate surface area is 235 Å². The molecule has 40 heavy (non-hydrogen) atoms. The standard InChI is InChI=1S/C32H35N3O5/c1-5-38-30-14-11-25(18-31(30)39-6-2)20-35-21-27(19-33-35)34-32(36)15-12-24-10-13-29(37-4)26(17-24)22-40-28-9-7-8-23(3)16-28/h7-19,21H,5-6,20,22H2,1-4H3,(H,34,36)/b15-12+. The molecule has 8 nitrogen and oxygen atoms in total. The molecule has 0 aliphatic heterocycles. The van der Waals surface area contributed by atoms with Crippen LogP contribution in [0.4, 0.5) is 5.69 Å². The van der Waals surface area contributed by atoms with E-state index in [1.807, 2.05) is 81.4 Å². The molecule has 0 spiro atoms. The van der Waals surface area contributed by atoms with Crippen molar-refractivity contribution in [3.8, 4) is 23.0 Å². The van der Waals surface area contributed by atoms with Crippen molar-refractivity contribution < 1.29 is 23.7 Å². The number of ether oxygens (including phenoxy) is 4. The van der Waals surface area contributed by atoms with Crippen molar-refractivity contribution in [1.29, 1.82) is 0 Å². The van der Waals surface area contributed by atoms with Crippen LogP contribution in [0.1, 0.15) is 36.1 Å². The Morgan fingerprint density at radius 3 is 2.52 bits per heavy atom. The third-order valence-electron chi connectivity index (χ3n) is 5.97. The van der Waals surface area contributed by atoms with E-state index < -0.39 is 0 Å². The minimum Gasteiger partial charge on any atom is -0.496 e. The van der Waals surface area contributed by atoms with Gasteiger partial charge in [0.2, 0.25) is 5.91 Å². The van der Waals surface area contributed by atoms with Gasteiger partial charge in [0.25, 0.3) is 0 Å². The second-order valence-electron chi connectivity index (χ2n) is 9.07. The van der Waals surface area contributed by atoms with E-state index in [2.05, 4.69) is 10.4 Å². The summed E-state index contributed by atoms with van der Waals surface area (Å²) >= 11 is 0. The lowest BCUT2D eigenvalue weighted by molar-refractivity contribution is -0.111. The fourth-order valence-corrected chi connectivity index (χ4v) is 4.13. The number of aromatic nitrogens is 2. The first-order valence-electron chi connectivity index (χ1n) is 13.2. The molecule has 1 aromatic heterocycles. The maximum Gasteiger partial charge on any atom is 0.248 e. The maximum absolute atomic E-state index is 12.6. The van der Waals surface area contributed by atoms with Crippen molar-refractivity contribution in [3.63, 3.8) is 0 Å². The number of rotatable bonds is 13. The van der Waals surface area contributed by atoms with Gasteiger partial charge >= 0.3 is 0 Å². The molecule has 1 heterocycles. The van der Waals surface area contributed by atoms with Crippen molar-refractivity contribution in [2.45, 2.75) is 33.9 Å². The summed E-state index contributed by atoms with van der Waals surface area (Å²) in [5, 5.41) is 7.24. The summed E-state index contributed by atoms with van der Waals surface area (Å²) in [5.41, 5.74) is 4.48. The van der Waals surface area contributed by atoms with E-state index in [4.69, 9.17) is 18.9 Å². The van der Waals surface area contributed by atoms with Gasteiger partial charge in [-0.2, -0.15) is 5.10 Å². The van der Waals surface area contributed by atoms with Crippen LogP contribution in [0.5, 0.6) is 23.0 Å². The zero-order valence-corrected chi connectivity index (χ0v) is 23.3. The van der Waals surface area contributed by atoms with Crippen molar-refractivity contribution in [2.24, 2.45) is 0 Å². The monoisotopic (exact) mass is 541 g/mol. The number of nitrogens with zero attached hydrogens (tertiary/aromatic N) is 2. The fraction of sp³-hybridized carbons (Fsp3) is 0.250. The molecule has 8 heteroatoms. The van der Waals surface area contributed by atoms with Gasteiger partial charge in [-0.15, -0.1) is 0 Å². The Morgan fingerprint density at radius 2 is 1.75 bits per heavy atom. The summed E-state index contributed by atoms with van der Waals surface area (Å²) in [6.07, 6.45) is 6.66. The van der Waals surface area contributed by atoms with E-state index in [9.17, 15) is 4.79 Å². The van der Waals surface area contributed by atoms with E-state index >= 15 is 0 Å². The normalized spacial score (nSPS) is 10.9. The molecule has 4 aromatic rings. The van der Waals surface area contributed by atoms with Crippen LogP contribution < -0.4 is 24.3 Å². The number of nitrogens with one attached hydrogen (secondary N) is 1. The number of methoxy groups -OCH3 is 1. The van der Waals surface area contributed by atoms with Gasteiger partial charge in [-0.1, -0.05) is 24.3 Å². The second-order valence-corrected chi connectivity index (χ2v) is 9.07. The molecule has 0 aliphatic rings. The van der Waals surface area contributed by atoms with Crippen LogP contribution in [0.15, 0.2) is 79.1 Å².